The summed E-state index contributed by atoms with van der Waals surface area (Å²) in [5.74, 6) is 4.28. The number of fused-ring (bicyclic) bond motifs is 5. The zero-order valence-electron chi connectivity index (χ0n) is 21.5. The molecule has 0 radical (unpaired) electrons. The van der Waals surface area contributed by atoms with Gasteiger partial charge in [-0.25, -0.2) is 0 Å². The standard InChI is InChI=1S/C29H48O4/c1-15-10-19(15)16(2)11-25-29(5,33-25)23-7-6-20-26-21(14-24(32)28(20,23)4)27(3)9-8-18(30)12-17(27)13-22(26)31/h15-26,30-32H,6-14H2,1-5H3/t15-,16-,17+,18-,19-,20+,21+,22-,23+,24-,25+,26+,27+,28+,29+/m1/s1. The van der Waals surface area contributed by atoms with Gasteiger partial charge in [0.2, 0.25) is 0 Å². The highest BCUT2D eigenvalue weighted by Gasteiger charge is 2.71. The van der Waals surface area contributed by atoms with Gasteiger partial charge < -0.3 is 20.1 Å². The summed E-state index contributed by atoms with van der Waals surface area (Å²) < 4.78 is 6.51. The van der Waals surface area contributed by atoms with E-state index in [-0.39, 0.29) is 40.7 Å². The highest BCUT2D eigenvalue weighted by atomic mass is 16.6. The Morgan fingerprint density at radius 2 is 1.67 bits per heavy atom. The van der Waals surface area contributed by atoms with Gasteiger partial charge in [-0.1, -0.05) is 27.7 Å². The molecule has 15 atom stereocenters. The topological polar surface area (TPSA) is 73.2 Å². The SMILES string of the molecule is C[C@@H]1C[C@H]1[C@H](C)C[C@@H]1O[C@@]1(C)[C@H]1CC[C@H]2[C@@H]3[C@H](O)C[C@@H]4C[C@H](O)CC[C@]4(C)[C@H]3C[C@@H](O)[C@]12C. The van der Waals surface area contributed by atoms with Crippen LogP contribution in [-0.4, -0.2) is 45.3 Å². The maximum absolute atomic E-state index is 11.8. The summed E-state index contributed by atoms with van der Waals surface area (Å²) in [6, 6.07) is 0. The van der Waals surface area contributed by atoms with Crippen molar-refractivity contribution in [3.63, 3.8) is 0 Å². The molecule has 188 valence electrons. The molecule has 0 aromatic heterocycles. The second kappa shape index (κ2) is 7.43. The van der Waals surface area contributed by atoms with Gasteiger partial charge >= 0.3 is 0 Å². The van der Waals surface area contributed by atoms with Crippen LogP contribution in [0.5, 0.6) is 0 Å². The quantitative estimate of drug-likeness (QED) is 0.528. The van der Waals surface area contributed by atoms with Crippen LogP contribution in [0.3, 0.4) is 0 Å². The summed E-state index contributed by atoms with van der Waals surface area (Å²) in [7, 11) is 0. The van der Waals surface area contributed by atoms with Crippen LogP contribution in [0.4, 0.5) is 0 Å². The zero-order valence-corrected chi connectivity index (χ0v) is 21.5. The molecule has 0 aromatic rings. The fourth-order valence-electron chi connectivity index (χ4n) is 10.6. The average Bonchev–Trinajstić information content (AvgIpc) is 3.59. The molecule has 0 aromatic carbocycles. The average molecular weight is 461 g/mol. The van der Waals surface area contributed by atoms with Crippen molar-refractivity contribution >= 4 is 0 Å². The molecule has 0 unspecified atom stereocenters. The van der Waals surface area contributed by atoms with Crippen molar-refractivity contribution in [2.75, 3.05) is 0 Å². The molecule has 5 saturated carbocycles. The normalized spacial score (nSPS) is 62.7. The molecule has 5 aliphatic carbocycles. The molecular formula is C29H48O4. The molecule has 6 fully saturated rings. The fourth-order valence-corrected chi connectivity index (χ4v) is 10.6. The number of aliphatic hydroxyl groups excluding tert-OH is 3. The monoisotopic (exact) mass is 460 g/mol. The first-order chi connectivity index (χ1) is 15.5. The lowest BCUT2D eigenvalue weighted by Gasteiger charge is -2.63. The number of rotatable bonds is 4. The second-order valence-electron chi connectivity index (χ2n) is 14.4. The molecule has 1 saturated heterocycles. The van der Waals surface area contributed by atoms with Gasteiger partial charge in [-0.05, 0) is 117 Å². The molecule has 33 heavy (non-hydrogen) atoms. The third kappa shape index (κ3) is 3.22. The van der Waals surface area contributed by atoms with Crippen molar-refractivity contribution < 1.29 is 20.1 Å². The Labute approximate surface area is 200 Å². The van der Waals surface area contributed by atoms with E-state index < -0.39 is 0 Å². The van der Waals surface area contributed by atoms with Crippen molar-refractivity contribution in [3.8, 4) is 0 Å². The number of hydrogen-bond donors (Lipinski definition) is 3. The summed E-state index contributed by atoms with van der Waals surface area (Å²) in [4.78, 5) is 0. The molecule has 6 aliphatic rings. The summed E-state index contributed by atoms with van der Waals surface area (Å²) in [6.07, 6.45) is 8.64. The first kappa shape index (κ1) is 23.3. The van der Waals surface area contributed by atoms with Crippen LogP contribution in [-0.2, 0) is 4.74 Å². The zero-order chi connectivity index (χ0) is 23.5. The van der Waals surface area contributed by atoms with Gasteiger partial charge in [-0.15, -0.1) is 0 Å². The van der Waals surface area contributed by atoms with Crippen LogP contribution < -0.4 is 0 Å². The largest absolute Gasteiger partial charge is 0.393 e. The minimum atomic E-state index is -0.326. The van der Waals surface area contributed by atoms with Gasteiger partial charge in [0.05, 0.1) is 30.0 Å². The molecular weight excluding hydrogens is 412 g/mol. The number of aliphatic hydroxyl groups is 3. The molecule has 1 aliphatic heterocycles. The first-order valence-corrected chi connectivity index (χ1v) is 14.2. The molecule has 3 N–H and O–H groups in total. The van der Waals surface area contributed by atoms with Crippen molar-refractivity contribution in [2.45, 2.75) is 122 Å². The third-order valence-electron chi connectivity index (χ3n) is 12.9. The van der Waals surface area contributed by atoms with Gasteiger partial charge in [0, 0.05) is 5.41 Å². The summed E-state index contributed by atoms with van der Waals surface area (Å²) in [5, 5.41) is 33.6. The maximum atomic E-state index is 11.8. The van der Waals surface area contributed by atoms with Crippen LogP contribution in [0.15, 0.2) is 0 Å². The van der Waals surface area contributed by atoms with E-state index in [1.165, 1.54) is 6.42 Å². The fraction of sp³-hybridized carbons (Fsp3) is 1.00. The van der Waals surface area contributed by atoms with E-state index in [9.17, 15) is 15.3 Å². The van der Waals surface area contributed by atoms with E-state index >= 15 is 0 Å². The number of epoxide rings is 1. The smallest absolute Gasteiger partial charge is 0.0954 e. The van der Waals surface area contributed by atoms with Crippen LogP contribution in [0.1, 0.15) is 92.4 Å². The van der Waals surface area contributed by atoms with Gasteiger partial charge in [0.15, 0.2) is 0 Å². The van der Waals surface area contributed by atoms with Crippen molar-refractivity contribution in [2.24, 2.45) is 58.2 Å². The predicted molar refractivity (Wildman–Crippen MR) is 128 cm³/mol. The van der Waals surface area contributed by atoms with Crippen molar-refractivity contribution in [3.05, 3.63) is 0 Å². The molecule has 6 rings (SSSR count). The summed E-state index contributed by atoms with van der Waals surface area (Å²) in [6.45, 7) is 11.9. The predicted octanol–water partition coefficient (Wildman–Crippen LogP) is 4.79. The lowest BCUT2D eigenvalue weighted by atomic mass is 9.43. The number of hydrogen-bond acceptors (Lipinski definition) is 4. The van der Waals surface area contributed by atoms with E-state index in [2.05, 4.69) is 34.6 Å². The highest BCUT2D eigenvalue weighted by molar-refractivity contribution is 5.20. The molecule has 4 nitrogen and oxygen atoms in total. The summed E-state index contributed by atoms with van der Waals surface area (Å²) in [5.41, 5.74) is -0.133. The lowest BCUT2D eigenvalue weighted by Crippen LogP contribution is -2.62. The molecule has 4 heteroatoms. The van der Waals surface area contributed by atoms with E-state index in [4.69, 9.17) is 4.74 Å². The van der Waals surface area contributed by atoms with E-state index in [0.29, 0.717) is 29.8 Å². The van der Waals surface area contributed by atoms with Crippen molar-refractivity contribution in [1.82, 2.24) is 0 Å². The van der Waals surface area contributed by atoms with E-state index in [0.717, 1.165) is 69.1 Å². The molecule has 0 spiro atoms. The summed E-state index contributed by atoms with van der Waals surface area (Å²) >= 11 is 0. The van der Waals surface area contributed by atoms with Crippen LogP contribution in [0.25, 0.3) is 0 Å². The van der Waals surface area contributed by atoms with E-state index in [1.54, 1.807) is 0 Å². The molecule has 0 bridgehead atoms. The van der Waals surface area contributed by atoms with Gasteiger partial charge in [-0.2, -0.15) is 0 Å². The Morgan fingerprint density at radius 3 is 2.36 bits per heavy atom. The lowest BCUT2D eigenvalue weighted by molar-refractivity contribution is -0.207. The van der Waals surface area contributed by atoms with Gasteiger partial charge in [0.25, 0.3) is 0 Å². The van der Waals surface area contributed by atoms with Crippen LogP contribution in [0, 0.1) is 58.2 Å². The Morgan fingerprint density at radius 1 is 0.939 bits per heavy atom. The van der Waals surface area contributed by atoms with Gasteiger partial charge in [-0.3, -0.25) is 0 Å². The Kier molecular flexibility index (Phi) is 5.24. The molecule has 1 heterocycles. The Balaban J connectivity index is 1.24. The maximum Gasteiger partial charge on any atom is 0.0954 e. The Bertz CT molecular complexity index is 786. The molecule has 0 amide bonds. The van der Waals surface area contributed by atoms with Gasteiger partial charge in [0.1, 0.15) is 0 Å². The first-order valence-electron chi connectivity index (χ1n) is 14.2. The van der Waals surface area contributed by atoms with Crippen molar-refractivity contribution in [1.29, 1.82) is 0 Å². The van der Waals surface area contributed by atoms with E-state index in [1.807, 2.05) is 0 Å². The number of ether oxygens (including phenoxy) is 1. The minimum absolute atomic E-state index is 0.106. The highest BCUT2D eigenvalue weighted by Crippen LogP contribution is 2.71. The second-order valence-corrected chi connectivity index (χ2v) is 14.4. The van der Waals surface area contributed by atoms with Crippen LogP contribution in [0.2, 0.25) is 0 Å². The minimum Gasteiger partial charge on any atom is -0.393 e. The Hall–Kier alpha value is -0.160. The third-order valence-corrected chi connectivity index (χ3v) is 12.9. The van der Waals surface area contributed by atoms with Crippen LogP contribution >= 0.6 is 0 Å².